The van der Waals surface area contributed by atoms with E-state index in [0.717, 1.165) is 0 Å². The van der Waals surface area contributed by atoms with Crippen LogP contribution in [0.3, 0.4) is 0 Å². The molecule has 0 aliphatic heterocycles. The van der Waals surface area contributed by atoms with Crippen molar-refractivity contribution in [2.24, 2.45) is 0 Å². The molecule has 3 N–H and O–H groups in total. The zero-order valence-electron chi connectivity index (χ0n) is 10.1. The molecule has 0 saturated carbocycles. The van der Waals surface area contributed by atoms with Crippen molar-refractivity contribution < 1.29 is 9.66 Å². The highest BCUT2D eigenvalue weighted by Gasteiger charge is 2.10. The number of nitro benzene ring substituents is 1. The Morgan fingerprint density at radius 1 is 1.20 bits per heavy atom. The summed E-state index contributed by atoms with van der Waals surface area (Å²) >= 11 is 0. The lowest BCUT2D eigenvalue weighted by molar-refractivity contribution is -0.384. The Balaban J connectivity index is 1.96. The summed E-state index contributed by atoms with van der Waals surface area (Å²) in [5.41, 5.74) is 6.15. The number of aromatic nitrogens is 3. The third-order valence-electron chi connectivity index (χ3n) is 2.66. The zero-order valence-corrected chi connectivity index (χ0v) is 10.1. The SMILES string of the molecule is Nc1nc(Oc2ccc([N+](=O)[O-])cc2)c2cc[nH]c2n1. The number of nitrogens with one attached hydrogen (secondary N) is 1. The number of non-ortho nitro benzene ring substituents is 1. The maximum atomic E-state index is 10.6. The summed E-state index contributed by atoms with van der Waals surface area (Å²) in [5, 5.41) is 11.3. The number of nitrogens with two attached hydrogens (primary N) is 1. The van der Waals surface area contributed by atoms with Crippen LogP contribution in [0.4, 0.5) is 11.6 Å². The fraction of sp³-hybridized carbons (Fsp3) is 0. The van der Waals surface area contributed by atoms with Gasteiger partial charge in [-0.1, -0.05) is 0 Å². The quantitative estimate of drug-likeness (QED) is 0.556. The van der Waals surface area contributed by atoms with E-state index in [1.807, 2.05) is 0 Å². The number of H-pyrrole nitrogens is 1. The van der Waals surface area contributed by atoms with Crippen LogP contribution in [-0.4, -0.2) is 19.9 Å². The van der Waals surface area contributed by atoms with E-state index < -0.39 is 4.92 Å². The predicted octanol–water partition coefficient (Wildman–Crippen LogP) is 2.24. The van der Waals surface area contributed by atoms with E-state index in [4.69, 9.17) is 10.5 Å². The van der Waals surface area contributed by atoms with Gasteiger partial charge in [-0.2, -0.15) is 9.97 Å². The van der Waals surface area contributed by atoms with Gasteiger partial charge in [0.1, 0.15) is 11.4 Å². The molecule has 3 aromatic rings. The van der Waals surface area contributed by atoms with Crippen LogP contribution in [0, 0.1) is 10.1 Å². The molecule has 0 unspecified atom stereocenters. The van der Waals surface area contributed by atoms with Crippen molar-refractivity contribution in [1.82, 2.24) is 15.0 Å². The normalized spacial score (nSPS) is 10.6. The second kappa shape index (κ2) is 4.50. The first-order chi connectivity index (χ1) is 9.63. The summed E-state index contributed by atoms with van der Waals surface area (Å²) < 4.78 is 5.59. The summed E-state index contributed by atoms with van der Waals surface area (Å²) in [6.07, 6.45) is 1.70. The molecule has 0 bridgehead atoms. The third-order valence-corrected chi connectivity index (χ3v) is 2.66. The summed E-state index contributed by atoms with van der Waals surface area (Å²) in [7, 11) is 0. The van der Waals surface area contributed by atoms with Crippen LogP contribution in [0.1, 0.15) is 0 Å². The molecule has 2 heterocycles. The largest absolute Gasteiger partial charge is 0.438 e. The minimum Gasteiger partial charge on any atom is -0.438 e. The van der Waals surface area contributed by atoms with Crippen LogP contribution in [0.15, 0.2) is 36.5 Å². The van der Waals surface area contributed by atoms with Crippen molar-refractivity contribution in [3.05, 3.63) is 46.6 Å². The molecule has 20 heavy (non-hydrogen) atoms. The van der Waals surface area contributed by atoms with Crippen molar-refractivity contribution >= 4 is 22.7 Å². The van der Waals surface area contributed by atoms with Gasteiger partial charge in [-0.3, -0.25) is 10.1 Å². The number of nitrogen functional groups attached to an aromatic ring is 1. The van der Waals surface area contributed by atoms with Crippen molar-refractivity contribution in [1.29, 1.82) is 0 Å². The molecule has 0 saturated heterocycles. The van der Waals surface area contributed by atoms with E-state index in [1.54, 1.807) is 12.3 Å². The molecule has 0 aliphatic rings. The Labute approximate surface area is 112 Å². The first-order valence-electron chi connectivity index (χ1n) is 5.66. The molecule has 8 heteroatoms. The average molecular weight is 271 g/mol. The number of anilines is 1. The van der Waals surface area contributed by atoms with Gasteiger partial charge in [0.05, 0.1) is 10.3 Å². The Hall–Kier alpha value is -3.16. The summed E-state index contributed by atoms with van der Waals surface area (Å²) in [6, 6.07) is 7.46. The smallest absolute Gasteiger partial charge is 0.269 e. The van der Waals surface area contributed by atoms with Gasteiger partial charge in [-0.25, -0.2) is 0 Å². The van der Waals surface area contributed by atoms with E-state index in [1.165, 1.54) is 24.3 Å². The van der Waals surface area contributed by atoms with Crippen LogP contribution >= 0.6 is 0 Å². The van der Waals surface area contributed by atoms with Gasteiger partial charge in [0, 0.05) is 18.3 Å². The maximum Gasteiger partial charge on any atom is 0.269 e. The number of ether oxygens (including phenoxy) is 1. The van der Waals surface area contributed by atoms with Gasteiger partial charge >= 0.3 is 0 Å². The van der Waals surface area contributed by atoms with Gasteiger partial charge < -0.3 is 15.5 Å². The molecule has 0 spiro atoms. The Bertz CT molecular complexity index is 781. The molecule has 0 fully saturated rings. The standard InChI is InChI=1S/C12H9N5O3/c13-12-15-10-9(5-6-14-10)11(16-12)20-8-3-1-7(2-4-8)17(18)19/h1-6H,(H3,13,14,15,16). The van der Waals surface area contributed by atoms with Crippen molar-refractivity contribution in [2.75, 3.05) is 5.73 Å². The maximum absolute atomic E-state index is 10.6. The topological polar surface area (TPSA) is 120 Å². The Kier molecular flexibility index (Phi) is 2.68. The highest BCUT2D eigenvalue weighted by atomic mass is 16.6. The molecule has 0 aliphatic carbocycles. The van der Waals surface area contributed by atoms with E-state index >= 15 is 0 Å². The van der Waals surface area contributed by atoms with Crippen molar-refractivity contribution in [3.8, 4) is 11.6 Å². The van der Waals surface area contributed by atoms with Crippen LogP contribution in [-0.2, 0) is 0 Å². The molecule has 3 rings (SSSR count). The fourth-order valence-corrected chi connectivity index (χ4v) is 1.75. The van der Waals surface area contributed by atoms with Gasteiger partial charge in [-0.05, 0) is 18.2 Å². The monoisotopic (exact) mass is 271 g/mol. The molecular weight excluding hydrogens is 262 g/mol. The fourth-order valence-electron chi connectivity index (χ4n) is 1.75. The van der Waals surface area contributed by atoms with Crippen LogP contribution in [0.5, 0.6) is 11.6 Å². The molecule has 1 aromatic carbocycles. The lowest BCUT2D eigenvalue weighted by atomic mass is 10.3. The Morgan fingerprint density at radius 3 is 2.65 bits per heavy atom. The van der Waals surface area contributed by atoms with E-state index in [0.29, 0.717) is 22.7 Å². The number of hydrogen-bond donors (Lipinski definition) is 2. The van der Waals surface area contributed by atoms with E-state index in [-0.39, 0.29) is 11.6 Å². The number of fused-ring (bicyclic) bond motifs is 1. The minimum absolute atomic E-state index is 0.00802. The van der Waals surface area contributed by atoms with Crippen LogP contribution in [0.2, 0.25) is 0 Å². The number of benzene rings is 1. The number of hydrogen-bond acceptors (Lipinski definition) is 6. The highest BCUT2D eigenvalue weighted by molar-refractivity contribution is 5.82. The molecule has 0 radical (unpaired) electrons. The second-order valence-electron chi connectivity index (χ2n) is 3.98. The number of aromatic amines is 1. The van der Waals surface area contributed by atoms with Gasteiger partial charge in [0.15, 0.2) is 0 Å². The lowest BCUT2D eigenvalue weighted by Crippen LogP contribution is -1.98. The second-order valence-corrected chi connectivity index (χ2v) is 3.98. The minimum atomic E-state index is -0.475. The summed E-state index contributed by atoms with van der Waals surface area (Å²) in [6.45, 7) is 0. The van der Waals surface area contributed by atoms with Gasteiger partial charge in [0.25, 0.3) is 5.69 Å². The number of nitro groups is 1. The number of rotatable bonds is 3. The molecule has 2 aromatic heterocycles. The third kappa shape index (κ3) is 2.09. The summed E-state index contributed by atoms with van der Waals surface area (Å²) in [4.78, 5) is 21.0. The van der Waals surface area contributed by atoms with Crippen molar-refractivity contribution in [2.45, 2.75) is 0 Å². The Morgan fingerprint density at radius 2 is 1.95 bits per heavy atom. The van der Waals surface area contributed by atoms with Gasteiger partial charge in [-0.15, -0.1) is 0 Å². The zero-order chi connectivity index (χ0) is 14.1. The molecule has 100 valence electrons. The molecule has 8 nitrogen and oxygen atoms in total. The van der Waals surface area contributed by atoms with E-state index in [2.05, 4.69) is 15.0 Å². The van der Waals surface area contributed by atoms with Crippen molar-refractivity contribution in [3.63, 3.8) is 0 Å². The van der Waals surface area contributed by atoms with Gasteiger partial charge in [0.2, 0.25) is 11.8 Å². The summed E-state index contributed by atoms with van der Waals surface area (Å²) in [5.74, 6) is 0.802. The number of nitrogens with zero attached hydrogens (tertiary/aromatic N) is 3. The first kappa shape index (κ1) is 11.9. The predicted molar refractivity (Wildman–Crippen MR) is 71.5 cm³/mol. The van der Waals surface area contributed by atoms with E-state index in [9.17, 15) is 10.1 Å². The molecular formula is C12H9N5O3. The first-order valence-corrected chi connectivity index (χ1v) is 5.66. The lowest BCUT2D eigenvalue weighted by Gasteiger charge is -2.06. The average Bonchev–Trinajstić information content (AvgIpc) is 2.87. The molecule has 0 atom stereocenters. The highest BCUT2D eigenvalue weighted by Crippen LogP contribution is 2.28. The molecule has 0 amide bonds. The van der Waals surface area contributed by atoms with Crippen LogP contribution in [0.25, 0.3) is 11.0 Å². The van der Waals surface area contributed by atoms with Crippen LogP contribution < -0.4 is 10.5 Å².